The van der Waals surface area contributed by atoms with Crippen LogP contribution in [0.5, 0.6) is 5.75 Å². The molecule has 1 saturated heterocycles. The summed E-state index contributed by atoms with van der Waals surface area (Å²) in [7, 11) is 0. The number of carbonyl (C=O) groups is 1. The molecule has 1 aliphatic heterocycles. The predicted octanol–water partition coefficient (Wildman–Crippen LogP) is 4.93. The summed E-state index contributed by atoms with van der Waals surface area (Å²) in [6.07, 6.45) is 3.76. The van der Waals surface area contributed by atoms with Crippen molar-refractivity contribution >= 4 is 22.4 Å². The van der Waals surface area contributed by atoms with E-state index in [1.165, 1.54) is 5.56 Å². The lowest BCUT2D eigenvalue weighted by atomic mass is 10.0. The number of carbonyl (C=O) groups excluding carboxylic acids is 1. The highest BCUT2D eigenvalue weighted by molar-refractivity contribution is 7.18. The number of nitrogens with zero attached hydrogens (tertiary/aromatic N) is 2. The topological polar surface area (TPSA) is 54.5 Å². The number of aromatic nitrogens is 1. The first-order chi connectivity index (χ1) is 14.2. The Kier molecular flexibility index (Phi) is 6.10. The van der Waals surface area contributed by atoms with Gasteiger partial charge in [-0.3, -0.25) is 4.79 Å². The van der Waals surface area contributed by atoms with Crippen LogP contribution in [0.15, 0.2) is 60.8 Å². The zero-order valence-corrected chi connectivity index (χ0v) is 17.3. The molecule has 2 aromatic carbocycles. The zero-order valence-electron chi connectivity index (χ0n) is 16.5. The summed E-state index contributed by atoms with van der Waals surface area (Å²) >= 11 is 1.67. The molecular formula is C23H25N3O2S. The molecule has 3 aromatic rings. The molecule has 2 heterocycles. The molecule has 1 fully saturated rings. The van der Waals surface area contributed by atoms with E-state index in [1.54, 1.807) is 11.3 Å². The molecule has 0 radical (unpaired) electrons. The van der Waals surface area contributed by atoms with Gasteiger partial charge in [-0.25, -0.2) is 4.98 Å². The molecule has 0 bridgehead atoms. The van der Waals surface area contributed by atoms with Gasteiger partial charge in [-0.15, -0.1) is 0 Å². The van der Waals surface area contributed by atoms with Crippen molar-refractivity contribution in [3.63, 3.8) is 0 Å². The lowest BCUT2D eigenvalue weighted by molar-refractivity contribution is 0.0718. The van der Waals surface area contributed by atoms with Crippen molar-refractivity contribution < 1.29 is 9.53 Å². The number of hydrogen-bond donors (Lipinski definition) is 1. The van der Waals surface area contributed by atoms with Crippen LogP contribution < -0.4 is 10.1 Å². The fourth-order valence-corrected chi connectivity index (χ4v) is 4.42. The second-order valence-corrected chi connectivity index (χ2v) is 8.09. The number of likely N-dealkylation sites (tertiary alicyclic amines) is 1. The van der Waals surface area contributed by atoms with Crippen LogP contribution in [-0.2, 0) is 0 Å². The second-order valence-electron chi connectivity index (χ2n) is 7.06. The maximum absolute atomic E-state index is 12.7. The van der Waals surface area contributed by atoms with Gasteiger partial charge in [0.25, 0.3) is 5.91 Å². The largest absolute Gasteiger partial charge is 0.494 e. The van der Waals surface area contributed by atoms with Crippen LogP contribution in [0, 0.1) is 0 Å². The average Bonchev–Trinajstić information content (AvgIpc) is 3.24. The molecule has 1 aliphatic rings. The van der Waals surface area contributed by atoms with Gasteiger partial charge in [0, 0.05) is 30.9 Å². The minimum absolute atomic E-state index is 0.0899. The molecule has 0 saturated carbocycles. The van der Waals surface area contributed by atoms with Gasteiger partial charge < -0.3 is 15.0 Å². The van der Waals surface area contributed by atoms with E-state index in [1.807, 2.05) is 60.5 Å². The minimum atomic E-state index is 0.0899. The minimum Gasteiger partial charge on any atom is -0.494 e. The molecule has 150 valence electrons. The average molecular weight is 408 g/mol. The van der Waals surface area contributed by atoms with Crippen LogP contribution in [0.3, 0.4) is 0 Å². The van der Waals surface area contributed by atoms with Crippen LogP contribution in [0.4, 0.5) is 5.13 Å². The number of nitrogens with one attached hydrogen (secondary N) is 1. The Bertz CT molecular complexity index is 932. The second kappa shape index (κ2) is 9.09. The van der Waals surface area contributed by atoms with Crippen molar-refractivity contribution in [2.75, 3.05) is 25.0 Å². The van der Waals surface area contributed by atoms with Gasteiger partial charge in [0.2, 0.25) is 0 Å². The van der Waals surface area contributed by atoms with E-state index in [0.717, 1.165) is 41.7 Å². The molecule has 5 nitrogen and oxygen atoms in total. The molecular weight excluding hydrogens is 382 g/mol. The lowest BCUT2D eigenvalue weighted by Gasteiger charge is -2.32. The van der Waals surface area contributed by atoms with E-state index in [-0.39, 0.29) is 5.91 Å². The fraction of sp³-hybridized carbons (Fsp3) is 0.304. The maximum atomic E-state index is 12.7. The fourth-order valence-electron chi connectivity index (χ4n) is 3.52. The van der Waals surface area contributed by atoms with Gasteiger partial charge >= 0.3 is 0 Å². The van der Waals surface area contributed by atoms with Crippen LogP contribution in [0.1, 0.15) is 30.1 Å². The number of anilines is 1. The quantitative estimate of drug-likeness (QED) is 0.630. The highest BCUT2D eigenvalue weighted by atomic mass is 32.1. The Labute approximate surface area is 175 Å². The monoisotopic (exact) mass is 407 g/mol. The van der Waals surface area contributed by atoms with Gasteiger partial charge in [-0.1, -0.05) is 41.7 Å². The molecule has 6 heteroatoms. The van der Waals surface area contributed by atoms with E-state index in [4.69, 9.17) is 4.74 Å². The van der Waals surface area contributed by atoms with Gasteiger partial charge in [-0.2, -0.15) is 0 Å². The molecule has 1 aromatic heterocycles. The summed E-state index contributed by atoms with van der Waals surface area (Å²) < 4.78 is 5.45. The van der Waals surface area contributed by atoms with Crippen molar-refractivity contribution in [3.05, 3.63) is 66.4 Å². The smallest absolute Gasteiger partial charge is 0.253 e. The number of ether oxygens (including phenoxy) is 1. The van der Waals surface area contributed by atoms with Crippen molar-refractivity contribution in [2.24, 2.45) is 0 Å². The normalized spacial score (nSPS) is 14.6. The van der Waals surface area contributed by atoms with Crippen molar-refractivity contribution in [1.82, 2.24) is 9.88 Å². The highest BCUT2D eigenvalue weighted by Gasteiger charge is 2.24. The van der Waals surface area contributed by atoms with E-state index < -0.39 is 0 Å². The van der Waals surface area contributed by atoms with E-state index >= 15 is 0 Å². The number of rotatable bonds is 6. The molecule has 0 atom stereocenters. The number of amides is 1. The first-order valence-corrected chi connectivity index (χ1v) is 10.8. The Morgan fingerprint density at radius 3 is 2.55 bits per heavy atom. The van der Waals surface area contributed by atoms with Crippen molar-refractivity contribution in [2.45, 2.75) is 25.8 Å². The number of piperidine rings is 1. The first-order valence-electron chi connectivity index (χ1n) is 10.0. The van der Waals surface area contributed by atoms with Crippen molar-refractivity contribution in [3.8, 4) is 16.2 Å². The summed E-state index contributed by atoms with van der Waals surface area (Å²) in [5.74, 6) is 0.886. The highest BCUT2D eigenvalue weighted by Crippen LogP contribution is 2.30. The van der Waals surface area contributed by atoms with Crippen LogP contribution in [0.25, 0.3) is 10.4 Å². The summed E-state index contributed by atoms with van der Waals surface area (Å²) in [6.45, 7) is 4.08. The molecule has 0 aliphatic carbocycles. The van der Waals surface area contributed by atoms with Gasteiger partial charge in [0.05, 0.1) is 11.5 Å². The third-order valence-electron chi connectivity index (χ3n) is 5.09. The van der Waals surface area contributed by atoms with Crippen LogP contribution >= 0.6 is 11.3 Å². The summed E-state index contributed by atoms with van der Waals surface area (Å²) in [5.41, 5.74) is 1.90. The van der Waals surface area contributed by atoms with E-state index in [0.29, 0.717) is 18.2 Å². The predicted molar refractivity (Wildman–Crippen MR) is 118 cm³/mol. The van der Waals surface area contributed by atoms with E-state index in [2.05, 4.69) is 22.4 Å². The van der Waals surface area contributed by atoms with Crippen LogP contribution in [-0.4, -0.2) is 41.5 Å². The molecule has 0 spiro atoms. The maximum Gasteiger partial charge on any atom is 0.253 e. The first kappa shape index (κ1) is 19.5. The van der Waals surface area contributed by atoms with Crippen LogP contribution in [0.2, 0.25) is 0 Å². The number of thiazole rings is 1. The third-order valence-corrected chi connectivity index (χ3v) is 6.06. The lowest BCUT2D eigenvalue weighted by Crippen LogP contribution is -2.42. The Hall–Kier alpha value is -2.86. The van der Waals surface area contributed by atoms with Gasteiger partial charge in [0.15, 0.2) is 5.13 Å². The standard InChI is InChI=1S/C23H25N3O2S/c1-2-28-20-10-8-18(9-11-20)22(27)26-14-12-19(13-15-26)25-23-24-16-21(29-23)17-6-4-3-5-7-17/h3-11,16,19H,2,12-15H2,1H3,(H,24,25). The summed E-state index contributed by atoms with van der Waals surface area (Å²) in [6, 6.07) is 18.1. The third kappa shape index (κ3) is 4.77. The molecule has 1 amide bonds. The molecule has 0 unspecified atom stereocenters. The van der Waals surface area contributed by atoms with Gasteiger partial charge in [0.1, 0.15) is 5.75 Å². The van der Waals surface area contributed by atoms with Crippen molar-refractivity contribution in [1.29, 1.82) is 0 Å². The van der Waals surface area contributed by atoms with Gasteiger partial charge in [-0.05, 0) is 49.6 Å². The summed E-state index contributed by atoms with van der Waals surface area (Å²) in [4.78, 5) is 20.4. The Morgan fingerprint density at radius 2 is 1.86 bits per heavy atom. The zero-order chi connectivity index (χ0) is 20.1. The van der Waals surface area contributed by atoms with E-state index in [9.17, 15) is 4.79 Å². The Morgan fingerprint density at radius 1 is 1.14 bits per heavy atom. The number of hydrogen-bond acceptors (Lipinski definition) is 5. The Balaban J connectivity index is 1.30. The number of benzene rings is 2. The molecule has 29 heavy (non-hydrogen) atoms. The SMILES string of the molecule is CCOc1ccc(C(=O)N2CCC(Nc3ncc(-c4ccccc4)s3)CC2)cc1. The summed E-state index contributed by atoms with van der Waals surface area (Å²) in [5, 5.41) is 4.49. The molecule has 1 N–H and O–H groups in total. The molecule has 4 rings (SSSR count).